The molecule has 0 radical (unpaired) electrons. The number of hydrogen-bond donors (Lipinski definition) is 0. The number of nitrogens with zero attached hydrogens (tertiary/aromatic N) is 2. The SMILES string of the molecule is CCCCCCc1ccc(N=Nc2ccc(OCC(=O)OCC)cc2)cc1. The Morgan fingerprint density at radius 2 is 1.48 bits per heavy atom. The molecule has 144 valence electrons. The topological polar surface area (TPSA) is 60.2 Å². The highest BCUT2D eigenvalue weighted by atomic mass is 16.6. The molecule has 0 atom stereocenters. The summed E-state index contributed by atoms with van der Waals surface area (Å²) in [5, 5.41) is 8.50. The molecule has 5 heteroatoms. The lowest BCUT2D eigenvalue weighted by Crippen LogP contribution is -2.14. The number of rotatable bonds is 11. The summed E-state index contributed by atoms with van der Waals surface area (Å²) in [5.74, 6) is 0.213. The third kappa shape index (κ3) is 8.03. The summed E-state index contributed by atoms with van der Waals surface area (Å²) < 4.78 is 10.2. The predicted octanol–water partition coefficient (Wildman–Crippen LogP) is 6.17. The Balaban J connectivity index is 1.82. The third-order valence-electron chi connectivity index (χ3n) is 4.04. The van der Waals surface area contributed by atoms with Crippen molar-refractivity contribution in [3.8, 4) is 5.75 Å². The van der Waals surface area contributed by atoms with Crippen LogP contribution in [0.25, 0.3) is 0 Å². The minimum absolute atomic E-state index is 0.0977. The van der Waals surface area contributed by atoms with Crippen LogP contribution in [0.15, 0.2) is 58.8 Å². The Morgan fingerprint density at radius 1 is 0.852 bits per heavy atom. The molecule has 0 aromatic heterocycles. The van der Waals surface area contributed by atoms with Crippen molar-refractivity contribution in [1.29, 1.82) is 0 Å². The summed E-state index contributed by atoms with van der Waals surface area (Å²) in [5.41, 5.74) is 2.89. The van der Waals surface area contributed by atoms with Gasteiger partial charge in [-0.2, -0.15) is 10.2 Å². The van der Waals surface area contributed by atoms with Crippen LogP contribution >= 0.6 is 0 Å². The van der Waals surface area contributed by atoms with Gasteiger partial charge in [0.05, 0.1) is 18.0 Å². The van der Waals surface area contributed by atoms with Gasteiger partial charge >= 0.3 is 5.97 Å². The maximum atomic E-state index is 11.3. The lowest BCUT2D eigenvalue weighted by molar-refractivity contribution is -0.145. The molecule has 0 saturated carbocycles. The van der Waals surface area contributed by atoms with Crippen LogP contribution in [0.3, 0.4) is 0 Å². The van der Waals surface area contributed by atoms with Crippen molar-refractivity contribution in [1.82, 2.24) is 0 Å². The molecule has 0 aliphatic rings. The molecule has 0 spiro atoms. The smallest absolute Gasteiger partial charge is 0.344 e. The van der Waals surface area contributed by atoms with E-state index in [1.165, 1.54) is 31.2 Å². The van der Waals surface area contributed by atoms with E-state index in [0.717, 1.165) is 17.8 Å². The quantitative estimate of drug-likeness (QED) is 0.271. The van der Waals surface area contributed by atoms with Crippen LogP contribution in [-0.4, -0.2) is 19.2 Å². The monoisotopic (exact) mass is 368 g/mol. The van der Waals surface area contributed by atoms with Gasteiger partial charge in [-0.25, -0.2) is 4.79 Å². The molecule has 2 rings (SSSR count). The number of azo groups is 1. The van der Waals surface area contributed by atoms with E-state index in [-0.39, 0.29) is 12.6 Å². The van der Waals surface area contributed by atoms with Crippen molar-refractivity contribution in [3.63, 3.8) is 0 Å². The number of esters is 1. The largest absolute Gasteiger partial charge is 0.482 e. The van der Waals surface area contributed by atoms with Crippen molar-refractivity contribution in [2.24, 2.45) is 10.2 Å². The average Bonchev–Trinajstić information content (AvgIpc) is 2.70. The zero-order valence-electron chi connectivity index (χ0n) is 16.2. The normalized spacial score (nSPS) is 10.9. The minimum atomic E-state index is -0.380. The molecular formula is C22H28N2O3. The standard InChI is InChI=1S/C22H28N2O3/c1-3-5-6-7-8-18-9-11-19(12-10-18)23-24-20-13-15-21(16-14-20)27-17-22(25)26-4-2/h9-16H,3-8,17H2,1-2H3. The van der Waals surface area contributed by atoms with Crippen LogP contribution in [0, 0.1) is 0 Å². The summed E-state index contributed by atoms with van der Waals surface area (Å²) in [6, 6.07) is 15.3. The number of aryl methyl sites for hydroxylation is 1. The molecule has 0 bridgehead atoms. The van der Waals surface area contributed by atoms with Crippen LogP contribution in [0.5, 0.6) is 5.75 Å². The molecule has 0 amide bonds. The van der Waals surface area contributed by atoms with E-state index in [0.29, 0.717) is 12.4 Å². The first-order valence-corrected chi connectivity index (χ1v) is 9.60. The summed E-state index contributed by atoms with van der Waals surface area (Å²) in [6.07, 6.45) is 6.21. The number of hydrogen-bond acceptors (Lipinski definition) is 5. The fourth-order valence-corrected chi connectivity index (χ4v) is 2.55. The maximum absolute atomic E-state index is 11.3. The van der Waals surface area contributed by atoms with Gasteiger partial charge in [-0.3, -0.25) is 0 Å². The van der Waals surface area contributed by atoms with Crippen LogP contribution < -0.4 is 4.74 Å². The number of carbonyl (C=O) groups excluding carboxylic acids is 1. The number of unbranched alkanes of at least 4 members (excludes halogenated alkanes) is 3. The molecule has 0 heterocycles. The zero-order chi connectivity index (χ0) is 19.3. The number of ether oxygens (including phenoxy) is 2. The Labute approximate surface area is 161 Å². The molecule has 0 saturated heterocycles. The van der Waals surface area contributed by atoms with Crippen LogP contribution in [0.4, 0.5) is 11.4 Å². The second-order valence-electron chi connectivity index (χ2n) is 6.26. The van der Waals surface area contributed by atoms with Crippen molar-refractivity contribution >= 4 is 17.3 Å². The van der Waals surface area contributed by atoms with E-state index >= 15 is 0 Å². The fraction of sp³-hybridized carbons (Fsp3) is 0.409. The average molecular weight is 368 g/mol. The first kappa shape index (κ1) is 20.6. The molecule has 27 heavy (non-hydrogen) atoms. The predicted molar refractivity (Wildman–Crippen MR) is 107 cm³/mol. The highest BCUT2D eigenvalue weighted by Crippen LogP contribution is 2.22. The zero-order valence-corrected chi connectivity index (χ0v) is 16.2. The molecule has 2 aromatic carbocycles. The highest BCUT2D eigenvalue weighted by molar-refractivity contribution is 5.71. The van der Waals surface area contributed by atoms with E-state index in [1.807, 2.05) is 12.1 Å². The van der Waals surface area contributed by atoms with Crippen molar-refractivity contribution < 1.29 is 14.3 Å². The molecule has 0 fully saturated rings. The molecule has 0 aliphatic heterocycles. The van der Waals surface area contributed by atoms with Gasteiger partial charge in [-0.05, 0) is 61.7 Å². The molecule has 0 aliphatic carbocycles. The first-order valence-electron chi connectivity index (χ1n) is 9.60. The van der Waals surface area contributed by atoms with Gasteiger partial charge in [0.25, 0.3) is 0 Å². The van der Waals surface area contributed by atoms with Crippen LogP contribution in [0.1, 0.15) is 45.1 Å². The van der Waals surface area contributed by atoms with E-state index in [2.05, 4.69) is 29.3 Å². The Hall–Kier alpha value is -2.69. The molecule has 5 nitrogen and oxygen atoms in total. The lowest BCUT2D eigenvalue weighted by atomic mass is 10.1. The first-order chi connectivity index (χ1) is 13.2. The summed E-state index contributed by atoms with van der Waals surface area (Å²) in [7, 11) is 0. The van der Waals surface area contributed by atoms with E-state index < -0.39 is 0 Å². The van der Waals surface area contributed by atoms with Crippen LogP contribution in [0.2, 0.25) is 0 Å². The van der Waals surface area contributed by atoms with Gasteiger partial charge in [0.1, 0.15) is 5.75 Å². The van der Waals surface area contributed by atoms with Crippen molar-refractivity contribution in [2.75, 3.05) is 13.2 Å². The second-order valence-corrected chi connectivity index (χ2v) is 6.26. The minimum Gasteiger partial charge on any atom is -0.482 e. The number of carbonyl (C=O) groups is 1. The Morgan fingerprint density at radius 3 is 2.07 bits per heavy atom. The Bertz CT molecular complexity index is 709. The summed E-state index contributed by atoms with van der Waals surface area (Å²) >= 11 is 0. The second kappa shape index (κ2) is 11.8. The van der Waals surface area contributed by atoms with E-state index in [9.17, 15) is 4.79 Å². The molecule has 0 N–H and O–H groups in total. The maximum Gasteiger partial charge on any atom is 0.344 e. The third-order valence-corrected chi connectivity index (χ3v) is 4.04. The van der Waals surface area contributed by atoms with E-state index in [1.54, 1.807) is 31.2 Å². The highest BCUT2D eigenvalue weighted by Gasteiger charge is 2.03. The summed E-state index contributed by atoms with van der Waals surface area (Å²) in [4.78, 5) is 11.3. The van der Waals surface area contributed by atoms with Crippen molar-refractivity contribution in [2.45, 2.75) is 46.0 Å². The van der Waals surface area contributed by atoms with Gasteiger partial charge in [0.15, 0.2) is 6.61 Å². The number of benzene rings is 2. The van der Waals surface area contributed by atoms with Gasteiger partial charge in [-0.1, -0.05) is 38.3 Å². The van der Waals surface area contributed by atoms with Gasteiger partial charge in [0.2, 0.25) is 0 Å². The van der Waals surface area contributed by atoms with Gasteiger partial charge < -0.3 is 9.47 Å². The Kier molecular flexibility index (Phi) is 9.04. The fourth-order valence-electron chi connectivity index (χ4n) is 2.55. The molecule has 0 unspecified atom stereocenters. The molecular weight excluding hydrogens is 340 g/mol. The summed E-state index contributed by atoms with van der Waals surface area (Å²) in [6.45, 7) is 4.24. The van der Waals surface area contributed by atoms with Crippen molar-refractivity contribution in [3.05, 3.63) is 54.1 Å². The van der Waals surface area contributed by atoms with Gasteiger partial charge in [-0.15, -0.1) is 0 Å². The lowest BCUT2D eigenvalue weighted by Gasteiger charge is -2.05. The van der Waals surface area contributed by atoms with Gasteiger partial charge in [0, 0.05) is 0 Å². The van der Waals surface area contributed by atoms with Crippen LogP contribution in [-0.2, 0) is 16.0 Å². The molecule has 2 aromatic rings. The van der Waals surface area contributed by atoms with E-state index in [4.69, 9.17) is 9.47 Å².